The average molecular weight is 230 g/mol. The van der Waals surface area contributed by atoms with Gasteiger partial charge in [-0.05, 0) is 30.0 Å². The largest absolute Gasteiger partial charge is 0.361 e. The first kappa shape index (κ1) is 12.2. The Kier molecular flexibility index (Phi) is 3.25. The first-order valence-corrected chi connectivity index (χ1v) is 6.27. The maximum atomic E-state index is 3.61. The Hall–Kier alpha value is -1.28. The van der Waals surface area contributed by atoms with Crippen molar-refractivity contribution in [2.24, 2.45) is 5.41 Å². The molecule has 0 fully saturated rings. The normalized spacial score (nSPS) is 14.1. The zero-order valence-electron chi connectivity index (χ0n) is 11.2. The summed E-state index contributed by atoms with van der Waals surface area (Å²) in [5.74, 6) is 0. The van der Waals surface area contributed by atoms with Crippen LogP contribution in [-0.2, 0) is 6.54 Å². The van der Waals surface area contributed by atoms with Crippen molar-refractivity contribution in [3.05, 3.63) is 36.0 Å². The molecule has 2 aromatic rings. The van der Waals surface area contributed by atoms with Crippen molar-refractivity contribution in [3.8, 4) is 0 Å². The molecule has 0 aliphatic carbocycles. The number of benzene rings is 1. The molecule has 92 valence electrons. The van der Waals surface area contributed by atoms with Crippen molar-refractivity contribution in [2.75, 3.05) is 0 Å². The third kappa shape index (κ3) is 2.70. The third-order valence-electron chi connectivity index (χ3n) is 3.58. The molecule has 2 heteroatoms. The number of hydrogen-bond donors (Lipinski definition) is 2. The lowest BCUT2D eigenvalue weighted by molar-refractivity contribution is 0.285. The summed E-state index contributed by atoms with van der Waals surface area (Å²) in [6, 6.07) is 9.06. The van der Waals surface area contributed by atoms with Crippen LogP contribution in [0, 0.1) is 5.41 Å². The molecule has 0 saturated heterocycles. The van der Waals surface area contributed by atoms with E-state index in [0.29, 0.717) is 11.5 Å². The third-order valence-corrected chi connectivity index (χ3v) is 3.58. The SMILES string of the molecule is CC(NCc1cccc2[nH]ccc12)C(C)(C)C. The monoisotopic (exact) mass is 230 g/mol. The van der Waals surface area contributed by atoms with Gasteiger partial charge in [-0.3, -0.25) is 0 Å². The Morgan fingerprint density at radius 3 is 2.71 bits per heavy atom. The summed E-state index contributed by atoms with van der Waals surface area (Å²) in [4.78, 5) is 3.25. The molecule has 17 heavy (non-hydrogen) atoms. The summed E-state index contributed by atoms with van der Waals surface area (Å²) in [5, 5.41) is 4.93. The molecular weight excluding hydrogens is 208 g/mol. The van der Waals surface area contributed by atoms with Gasteiger partial charge in [-0.25, -0.2) is 0 Å². The first-order chi connectivity index (χ1) is 7.98. The highest BCUT2D eigenvalue weighted by molar-refractivity contribution is 5.82. The van der Waals surface area contributed by atoms with E-state index < -0.39 is 0 Å². The predicted molar refractivity (Wildman–Crippen MR) is 74.1 cm³/mol. The Morgan fingerprint density at radius 1 is 1.24 bits per heavy atom. The molecule has 0 aliphatic heterocycles. The van der Waals surface area contributed by atoms with E-state index in [0.717, 1.165) is 6.54 Å². The smallest absolute Gasteiger partial charge is 0.0457 e. The van der Waals surface area contributed by atoms with E-state index in [-0.39, 0.29) is 0 Å². The molecule has 0 spiro atoms. The van der Waals surface area contributed by atoms with E-state index in [2.05, 4.69) is 62.3 Å². The highest BCUT2D eigenvalue weighted by Gasteiger charge is 2.19. The maximum absolute atomic E-state index is 3.61. The van der Waals surface area contributed by atoms with Crippen LogP contribution in [0.1, 0.15) is 33.3 Å². The second-order valence-electron chi connectivity index (χ2n) is 5.82. The first-order valence-electron chi connectivity index (χ1n) is 6.27. The summed E-state index contributed by atoms with van der Waals surface area (Å²) in [5.41, 5.74) is 2.87. The molecule has 1 aromatic heterocycles. The number of hydrogen-bond acceptors (Lipinski definition) is 1. The van der Waals surface area contributed by atoms with Crippen molar-refractivity contribution < 1.29 is 0 Å². The van der Waals surface area contributed by atoms with Crippen LogP contribution in [0.2, 0.25) is 0 Å². The molecular formula is C15H22N2. The average Bonchev–Trinajstić information content (AvgIpc) is 2.72. The van der Waals surface area contributed by atoms with Crippen molar-refractivity contribution in [2.45, 2.75) is 40.3 Å². The van der Waals surface area contributed by atoms with E-state index in [1.54, 1.807) is 0 Å². The van der Waals surface area contributed by atoms with Crippen LogP contribution in [0.5, 0.6) is 0 Å². The van der Waals surface area contributed by atoms with Crippen LogP contribution in [0.3, 0.4) is 0 Å². The fourth-order valence-electron chi connectivity index (χ4n) is 1.87. The summed E-state index contributed by atoms with van der Waals surface area (Å²) in [6.07, 6.45) is 2.00. The summed E-state index contributed by atoms with van der Waals surface area (Å²) in [6.45, 7) is 9.97. The fourth-order valence-corrected chi connectivity index (χ4v) is 1.87. The summed E-state index contributed by atoms with van der Waals surface area (Å²) in [7, 11) is 0. The molecule has 1 heterocycles. The van der Waals surface area contributed by atoms with E-state index in [1.807, 2.05) is 6.20 Å². The van der Waals surface area contributed by atoms with Gasteiger partial charge < -0.3 is 10.3 Å². The highest BCUT2D eigenvalue weighted by atomic mass is 14.9. The van der Waals surface area contributed by atoms with Gasteiger partial charge in [0.2, 0.25) is 0 Å². The van der Waals surface area contributed by atoms with Crippen LogP contribution in [0.25, 0.3) is 10.9 Å². The predicted octanol–water partition coefficient (Wildman–Crippen LogP) is 3.69. The molecule has 2 N–H and O–H groups in total. The number of aromatic nitrogens is 1. The van der Waals surface area contributed by atoms with E-state index in [9.17, 15) is 0 Å². The lowest BCUT2D eigenvalue weighted by Crippen LogP contribution is -2.37. The highest BCUT2D eigenvalue weighted by Crippen LogP contribution is 2.21. The van der Waals surface area contributed by atoms with Crippen LogP contribution in [0.4, 0.5) is 0 Å². The molecule has 2 nitrogen and oxygen atoms in total. The van der Waals surface area contributed by atoms with E-state index in [4.69, 9.17) is 0 Å². The Morgan fingerprint density at radius 2 is 2.00 bits per heavy atom. The van der Waals surface area contributed by atoms with Gasteiger partial charge in [0.1, 0.15) is 0 Å². The van der Waals surface area contributed by atoms with E-state index >= 15 is 0 Å². The van der Waals surface area contributed by atoms with Gasteiger partial charge in [0.25, 0.3) is 0 Å². The molecule has 0 bridgehead atoms. The summed E-state index contributed by atoms with van der Waals surface area (Å²) < 4.78 is 0. The van der Waals surface area contributed by atoms with Crippen molar-refractivity contribution in [1.82, 2.24) is 10.3 Å². The van der Waals surface area contributed by atoms with Crippen molar-refractivity contribution in [3.63, 3.8) is 0 Å². The lowest BCUT2D eigenvalue weighted by atomic mass is 9.88. The van der Waals surface area contributed by atoms with Gasteiger partial charge in [0.05, 0.1) is 0 Å². The molecule has 1 unspecified atom stereocenters. The van der Waals surface area contributed by atoms with Crippen LogP contribution in [-0.4, -0.2) is 11.0 Å². The lowest BCUT2D eigenvalue weighted by Gasteiger charge is -2.28. The van der Waals surface area contributed by atoms with Crippen LogP contribution < -0.4 is 5.32 Å². The number of aromatic amines is 1. The van der Waals surface area contributed by atoms with E-state index in [1.165, 1.54) is 16.5 Å². The maximum Gasteiger partial charge on any atom is 0.0457 e. The van der Waals surface area contributed by atoms with Gasteiger partial charge >= 0.3 is 0 Å². The van der Waals surface area contributed by atoms with Crippen LogP contribution >= 0.6 is 0 Å². The standard InChI is InChI=1S/C15H22N2/c1-11(15(2,3)4)17-10-12-6-5-7-14-13(12)8-9-16-14/h5-9,11,16-17H,10H2,1-4H3. The zero-order chi connectivity index (χ0) is 12.5. The number of fused-ring (bicyclic) bond motifs is 1. The number of H-pyrrole nitrogens is 1. The zero-order valence-corrected chi connectivity index (χ0v) is 11.2. The molecule has 0 amide bonds. The minimum Gasteiger partial charge on any atom is -0.361 e. The fraction of sp³-hybridized carbons (Fsp3) is 0.467. The number of nitrogens with one attached hydrogen (secondary N) is 2. The van der Waals surface area contributed by atoms with Crippen molar-refractivity contribution >= 4 is 10.9 Å². The second kappa shape index (κ2) is 4.53. The van der Waals surface area contributed by atoms with Gasteiger partial charge in [0, 0.05) is 29.7 Å². The molecule has 2 rings (SSSR count). The second-order valence-corrected chi connectivity index (χ2v) is 5.82. The van der Waals surface area contributed by atoms with Gasteiger partial charge in [0.15, 0.2) is 0 Å². The molecule has 1 atom stereocenters. The van der Waals surface area contributed by atoms with Crippen LogP contribution in [0.15, 0.2) is 30.5 Å². The Balaban J connectivity index is 2.12. The summed E-state index contributed by atoms with van der Waals surface area (Å²) >= 11 is 0. The Labute approximate surface area is 103 Å². The van der Waals surface area contributed by atoms with Gasteiger partial charge in [-0.2, -0.15) is 0 Å². The Bertz CT molecular complexity index is 491. The van der Waals surface area contributed by atoms with Crippen molar-refractivity contribution in [1.29, 1.82) is 0 Å². The molecule has 1 aromatic carbocycles. The number of rotatable bonds is 3. The molecule has 0 saturated carbocycles. The quantitative estimate of drug-likeness (QED) is 0.827. The minimum absolute atomic E-state index is 0.298. The molecule has 0 aliphatic rings. The van der Waals surface area contributed by atoms with Gasteiger partial charge in [-0.15, -0.1) is 0 Å². The topological polar surface area (TPSA) is 27.8 Å². The molecule has 0 radical (unpaired) electrons. The minimum atomic E-state index is 0.298. The van der Waals surface area contributed by atoms with Gasteiger partial charge in [-0.1, -0.05) is 32.9 Å².